The summed E-state index contributed by atoms with van der Waals surface area (Å²) in [4.78, 5) is 13.4. The molecule has 0 amide bonds. The van der Waals surface area contributed by atoms with Gasteiger partial charge in [-0.25, -0.2) is 4.98 Å². The number of fused-ring (bicyclic) bond motifs is 3. The quantitative estimate of drug-likeness (QED) is 0.857. The highest BCUT2D eigenvalue weighted by atomic mass is 16.5. The molecule has 22 heavy (non-hydrogen) atoms. The van der Waals surface area contributed by atoms with E-state index in [-0.39, 0.29) is 0 Å². The molecule has 1 aromatic carbocycles. The predicted molar refractivity (Wildman–Crippen MR) is 85.9 cm³/mol. The number of benzene rings is 1. The first kappa shape index (κ1) is 13.3. The van der Waals surface area contributed by atoms with E-state index in [0.29, 0.717) is 12.6 Å². The SMILES string of the molecule is CN1CCN(c2nc(N)nc3c2OCc2ccccc2-3)CC1. The van der Waals surface area contributed by atoms with Gasteiger partial charge in [-0.15, -0.1) is 0 Å². The summed E-state index contributed by atoms with van der Waals surface area (Å²) in [6, 6.07) is 8.16. The molecular formula is C16H19N5O. The lowest BCUT2D eigenvalue weighted by Gasteiger charge is -2.35. The maximum Gasteiger partial charge on any atom is 0.222 e. The Kier molecular flexibility index (Phi) is 3.11. The third-order valence-corrected chi connectivity index (χ3v) is 4.31. The minimum absolute atomic E-state index is 0.299. The van der Waals surface area contributed by atoms with Crippen LogP contribution in [0.3, 0.4) is 0 Å². The number of likely N-dealkylation sites (N-methyl/N-ethyl adjacent to an activating group) is 1. The Balaban J connectivity index is 1.81. The zero-order chi connectivity index (χ0) is 15.1. The predicted octanol–water partition coefficient (Wildman–Crippen LogP) is 1.37. The fraction of sp³-hybridized carbons (Fsp3) is 0.375. The molecule has 2 aliphatic heterocycles. The van der Waals surface area contributed by atoms with Crippen molar-refractivity contribution in [2.75, 3.05) is 43.9 Å². The average molecular weight is 297 g/mol. The van der Waals surface area contributed by atoms with Crippen LogP contribution in [-0.2, 0) is 6.61 Å². The molecule has 6 heteroatoms. The van der Waals surface area contributed by atoms with E-state index in [9.17, 15) is 0 Å². The van der Waals surface area contributed by atoms with Crippen molar-refractivity contribution in [1.82, 2.24) is 14.9 Å². The molecule has 1 fully saturated rings. The second-order valence-corrected chi connectivity index (χ2v) is 5.82. The van der Waals surface area contributed by atoms with Crippen molar-refractivity contribution >= 4 is 11.8 Å². The van der Waals surface area contributed by atoms with Crippen LogP contribution in [0.1, 0.15) is 5.56 Å². The van der Waals surface area contributed by atoms with E-state index in [4.69, 9.17) is 10.5 Å². The van der Waals surface area contributed by atoms with Crippen LogP contribution in [0.4, 0.5) is 11.8 Å². The summed E-state index contributed by atoms with van der Waals surface area (Å²) in [7, 11) is 2.13. The van der Waals surface area contributed by atoms with Crippen molar-refractivity contribution in [3.8, 4) is 17.0 Å². The molecule has 3 heterocycles. The van der Waals surface area contributed by atoms with Gasteiger partial charge in [0, 0.05) is 31.7 Å². The Bertz CT molecular complexity index is 710. The highest BCUT2D eigenvalue weighted by Gasteiger charge is 2.27. The number of anilines is 2. The van der Waals surface area contributed by atoms with Gasteiger partial charge < -0.3 is 20.3 Å². The van der Waals surface area contributed by atoms with E-state index >= 15 is 0 Å². The van der Waals surface area contributed by atoms with Crippen LogP contribution in [0.5, 0.6) is 5.75 Å². The minimum Gasteiger partial charge on any atom is -0.483 e. The lowest BCUT2D eigenvalue weighted by atomic mass is 10.0. The van der Waals surface area contributed by atoms with Gasteiger partial charge in [-0.1, -0.05) is 24.3 Å². The Morgan fingerprint density at radius 1 is 1.09 bits per heavy atom. The first-order valence-electron chi connectivity index (χ1n) is 7.54. The third-order valence-electron chi connectivity index (χ3n) is 4.31. The van der Waals surface area contributed by atoms with E-state index in [1.165, 1.54) is 0 Å². The third kappa shape index (κ3) is 2.16. The van der Waals surface area contributed by atoms with Gasteiger partial charge >= 0.3 is 0 Å². The minimum atomic E-state index is 0.299. The van der Waals surface area contributed by atoms with Crippen LogP contribution in [0.2, 0.25) is 0 Å². The zero-order valence-corrected chi connectivity index (χ0v) is 12.6. The largest absolute Gasteiger partial charge is 0.483 e. The molecule has 0 saturated carbocycles. The van der Waals surface area contributed by atoms with Gasteiger partial charge in [0.05, 0.1) is 0 Å². The number of nitrogen functional groups attached to an aromatic ring is 1. The van der Waals surface area contributed by atoms with E-state index < -0.39 is 0 Å². The van der Waals surface area contributed by atoms with Gasteiger partial charge in [0.25, 0.3) is 0 Å². The normalized spacial score (nSPS) is 17.6. The van der Waals surface area contributed by atoms with Gasteiger partial charge in [0.15, 0.2) is 11.6 Å². The van der Waals surface area contributed by atoms with Crippen molar-refractivity contribution in [1.29, 1.82) is 0 Å². The molecule has 114 valence electrons. The van der Waals surface area contributed by atoms with E-state index in [0.717, 1.165) is 54.6 Å². The summed E-state index contributed by atoms with van der Waals surface area (Å²) in [6.45, 7) is 4.41. The molecule has 2 N–H and O–H groups in total. The number of hydrogen-bond donors (Lipinski definition) is 1. The molecule has 0 aliphatic carbocycles. The van der Waals surface area contributed by atoms with Crippen molar-refractivity contribution in [2.45, 2.75) is 6.61 Å². The second kappa shape index (κ2) is 5.14. The van der Waals surface area contributed by atoms with Crippen LogP contribution in [-0.4, -0.2) is 48.1 Å². The highest BCUT2D eigenvalue weighted by molar-refractivity contribution is 5.78. The fourth-order valence-electron chi connectivity index (χ4n) is 3.03. The van der Waals surface area contributed by atoms with Crippen molar-refractivity contribution < 1.29 is 4.74 Å². The molecule has 0 unspecified atom stereocenters. The summed E-state index contributed by atoms with van der Waals surface area (Å²) >= 11 is 0. The number of piperazine rings is 1. The number of nitrogens with two attached hydrogens (primary N) is 1. The molecule has 6 nitrogen and oxygen atoms in total. The highest BCUT2D eigenvalue weighted by Crippen LogP contribution is 2.41. The number of aromatic nitrogens is 2. The van der Waals surface area contributed by atoms with E-state index in [1.54, 1.807) is 0 Å². The fourth-order valence-corrected chi connectivity index (χ4v) is 3.03. The van der Waals surface area contributed by atoms with E-state index in [2.05, 4.69) is 38.9 Å². The number of ether oxygens (including phenoxy) is 1. The molecule has 1 saturated heterocycles. The lowest BCUT2D eigenvalue weighted by molar-refractivity contribution is 0.291. The molecule has 2 aromatic rings. The molecule has 0 bridgehead atoms. The second-order valence-electron chi connectivity index (χ2n) is 5.82. The molecule has 2 aliphatic rings. The van der Waals surface area contributed by atoms with E-state index in [1.807, 2.05) is 12.1 Å². The summed E-state index contributed by atoms with van der Waals surface area (Å²) in [5.74, 6) is 1.88. The Morgan fingerprint density at radius 3 is 2.68 bits per heavy atom. The average Bonchev–Trinajstić information content (AvgIpc) is 2.55. The number of hydrogen-bond acceptors (Lipinski definition) is 6. The van der Waals surface area contributed by atoms with Crippen LogP contribution in [0, 0.1) is 0 Å². The Morgan fingerprint density at radius 2 is 1.86 bits per heavy atom. The maximum absolute atomic E-state index is 5.98. The van der Waals surface area contributed by atoms with Gasteiger partial charge in [-0.05, 0) is 12.6 Å². The summed E-state index contributed by atoms with van der Waals surface area (Å²) in [5.41, 5.74) is 8.99. The molecular weight excluding hydrogens is 278 g/mol. The molecule has 0 spiro atoms. The van der Waals surface area contributed by atoms with Gasteiger partial charge in [-0.2, -0.15) is 4.98 Å². The van der Waals surface area contributed by atoms with Crippen molar-refractivity contribution in [3.05, 3.63) is 29.8 Å². The monoisotopic (exact) mass is 297 g/mol. The van der Waals surface area contributed by atoms with Gasteiger partial charge in [-0.3, -0.25) is 0 Å². The first-order chi connectivity index (χ1) is 10.7. The molecule has 0 atom stereocenters. The lowest BCUT2D eigenvalue weighted by Crippen LogP contribution is -2.45. The van der Waals surface area contributed by atoms with Crippen LogP contribution in [0.25, 0.3) is 11.3 Å². The first-order valence-corrected chi connectivity index (χ1v) is 7.54. The van der Waals surface area contributed by atoms with Gasteiger partial charge in [0.2, 0.25) is 5.95 Å². The standard InChI is InChI=1S/C16H19N5O/c1-20-6-8-21(9-7-20)15-14-13(18-16(17)19-15)12-5-3-2-4-11(12)10-22-14/h2-5H,6-10H2,1H3,(H2,17,18,19). The summed E-state index contributed by atoms with van der Waals surface area (Å²) in [6.07, 6.45) is 0. The van der Waals surface area contributed by atoms with Crippen LogP contribution >= 0.6 is 0 Å². The Hall–Kier alpha value is -2.34. The summed E-state index contributed by atoms with van der Waals surface area (Å²) < 4.78 is 5.98. The summed E-state index contributed by atoms with van der Waals surface area (Å²) in [5, 5.41) is 0. The van der Waals surface area contributed by atoms with Crippen molar-refractivity contribution in [2.24, 2.45) is 0 Å². The van der Waals surface area contributed by atoms with Crippen LogP contribution < -0.4 is 15.4 Å². The smallest absolute Gasteiger partial charge is 0.222 e. The number of rotatable bonds is 1. The molecule has 0 radical (unpaired) electrons. The zero-order valence-electron chi connectivity index (χ0n) is 12.6. The maximum atomic E-state index is 5.98. The molecule has 1 aromatic heterocycles. The van der Waals surface area contributed by atoms with Crippen LogP contribution in [0.15, 0.2) is 24.3 Å². The number of nitrogens with zero attached hydrogens (tertiary/aromatic N) is 4. The van der Waals surface area contributed by atoms with Gasteiger partial charge in [0.1, 0.15) is 12.3 Å². The molecule has 4 rings (SSSR count). The Labute approximate surface area is 129 Å². The topological polar surface area (TPSA) is 67.5 Å². The van der Waals surface area contributed by atoms with Crippen molar-refractivity contribution in [3.63, 3.8) is 0 Å².